The molecule has 1 N–H and O–H groups in total. The first-order valence-electron chi connectivity index (χ1n) is 6.48. The van der Waals surface area contributed by atoms with Gasteiger partial charge < -0.3 is 10.0 Å². The Morgan fingerprint density at radius 1 is 1.38 bits per heavy atom. The first kappa shape index (κ1) is 13.5. The summed E-state index contributed by atoms with van der Waals surface area (Å²) in [5.74, 6) is -0.858. The van der Waals surface area contributed by atoms with Crippen LogP contribution in [0.1, 0.15) is 46.5 Å². The zero-order chi connectivity index (χ0) is 12.2. The number of nitrogens with zero attached hydrogens (tertiary/aromatic N) is 1. The van der Waals surface area contributed by atoms with Crippen molar-refractivity contribution in [1.29, 1.82) is 0 Å². The fraction of sp³-hybridized carbons (Fsp3) is 0.923. The molecule has 0 radical (unpaired) electrons. The molecule has 1 heterocycles. The highest BCUT2D eigenvalue weighted by molar-refractivity contribution is 5.69. The molecule has 0 saturated carbocycles. The molecule has 3 heteroatoms. The van der Waals surface area contributed by atoms with Crippen LogP contribution in [-0.4, -0.2) is 35.6 Å². The third-order valence-electron chi connectivity index (χ3n) is 4.15. The van der Waals surface area contributed by atoms with E-state index >= 15 is 0 Å². The Kier molecular flexibility index (Phi) is 4.78. The SMILES string of the molecule is CCC1(CC)CN(CCCC(C)C(=O)O)C1. The summed E-state index contributed by atoms with van der Waals surface area (Å²) in [7, 11) is 0. The number of carbonyl (C=O) groups is 1. The number of hydrogen-bond donors (Lipinski definition) is 1. The summed E-state index contributed by atoms with van der Waals surface area (Å²) >= 11 is 0. The van der Waals surface area contributed by atoms with Crippen molar-refractivity contribution in [3.05, 3.63) is 0 Å². The molecule has 3 nitrogen and oxygen atoms in total. The van der Waals surface area contributed by atoms with Crippen LogP contribution >= 0.6 is 0 Å². The number of hydrogen-bond acceptors (Lipinski definition) is 2. The van der Waals surface area contributed by atoms with Gasteiger partial charge in [0.15, 0.2) is 0 Å². The lowest BCUT2D eigenvalue weighted by Gasteiger charge is -2.50. The van der Waals surface area contributed by atoms with E-state index in [0.717, 1.165) is 19.4 Å². The highest BCUT2D eigenvalue weighted by Gasteiger charge is 2.38. The Labute approximate surface area is 98.8 Å². The zero-order valence-corrected chi connectivity index (χ0v) is 10.8. The van der Waals surface area contributed by atoms with Gasteiger partial charge in [0.2, 0.25) is 0 Å². The number of carboxylic acid groups (broad SMARTS) is 1. The lowest BCUT2D eigenvalue weighted by atomic mass is 9.75. The van der Waals surface area contributed by atoms with Crippen LogP contribution in [-0.2, 0) is 4.79 Å². The summed E-state index contributed by atoms with van der Waals surface area (Å²) in [6, 6.07) is 0. The van der Waals surface area contributed by atoms with Crippen LogP contribution in [0.15, 0.2) is 0 Å². The number of carboxylic acids is 1. The van der Waals surface area contributed by atoms with E-state index in [4.69, 9.17) is 5.11 Å². The van der Waals surface area contributed by atoms with Crippen LogP contribution in [0.4, 0.5) is 0 Å². The van der Waals surface area contributed by atoms with Gasteiger partial charge in [-0.2, -0.15) is 0 Å². The molecule has 0 amide bonds. The maximum atomic E-state index is 10.6. The van der Waals surface area contributed by atoms with E-state index in [2.05, 4.69) is 18.7 Å². The molecule has 1 aliphatic heterocycles. The molecular weight excluding hydrogens is 202 g/mol. The molecule has 94 valence electrons. The zero-order valence-electron chi connectivity index (χ0n) is 10.8. The first-order chi connectivity index (χ1) is 7.53. The van der Waals surface area contributed by atoms with Crippen LogP contribution in [0.2, 0.25) is 0 Å². The molecule has 0 bridgehead atoms. The van der Waals surface area contributed by atoms with Crippen LogP contribution in [0.25, 0.3) is 0 Å². The van der Waals surface area contributed by atoms with Crippen molar-refractivity contribution >= 4 is 5.97 Å². The van der Waals surface area contributed by atoms with Crippen LogP contribution in [0.5, 0.6) is 0 Å². The minimum atomic E-state index is -0.667. The largest absolute Gasteiger partial charge is 0.481 e. The maximum absolute atomic E-state index is 10.6. The van der Waals surface area contributed by atoms with Gasteiger partial charge in [0, 0.05) is 13.1 Å². The molecule has 1 atom stereocenters. The molecule has 0 aromatic heterocycles. The van der Waals surface area contributed by atoms with Gasteiger partial charge in [-0.15, -0.1) is 0 Å². The van der Waals surface area contributed by atoms with Crippen molar-refractivity contribution in [1.82, 2.24) is 4.90 Å². The maximum Gasteiger partial charge on any atom is 0.306 e. The molecule has 1 saturated heterocycles. The lowest BCUT2D eigenvalue weighted by Crippen LogP contribution is -2.55. The Bertz CT molecular complexity index is 228. The smallest absolute Gasteiger partial charge is 0.306 e. The summed E-state index contributed by atoms with van der Waals surface area (Å²) in [5.41, 5.74) is 0.568. The molecule has 1 unspecified atom stereocenters. The van der Waals surface area contributed by atoms with Crippen molar-refractivity contribution in [2.45, 2.75) is 46.5 Å². The summed E-state index contributed by atoms with van der Waals surface area (Å²) in [6.45, 7) is 9.82. The van der Waals surface area contributed by atoms with Crippen LogP contribution in [0, 0.1) is 11.3 Å². The summed E-state index contributed by atoms with van der Waals surface area (Å²) in [6.07, 6.45) is 4.35. The van der Waals surface area contributed by atoms with Crippen LogP contribution < -0.4 is 0 Å². The molecule has 16 heavy (non-hydrogen) atoms. The highest BCUT2D eigenvalue weighted by atomic mass is 16.4. The number of rotatable bonds is 7. The van der Waals surface area contributed by atoms with Gasteiger partial charge >= 0.3 is 5.97 Å². The Morgan fingerprint density at radius 3 is 2.38 bits per heavy atom. The molecule has 0 aliphatic carbocycles. The highest BCUT2D eigenvalue weighted by Crippen LogP contribution is 2.36. The van der Waals surface area contributed by atoms with Crippen molar-refractivity contribution in [3.8, 4) is 0 Å². The minimum absolute atomic E-state index is 0.191. The van der Waals surface area contributed by atoms with E-state index in [1.807, 2.05) is 0 Å². The minimum Gasteiger partial charge on any atom is -0.481 e. The summed E-state index contributed by atoms with van der Waals surface area (Å²) in [4.78, 5) is 13.1. The van der Waals surface area contributed by atoms with E-state index in [1.165, 1.54) is 25.9 Å². The van der Waals surface area contributed by atoms with Crippen molar-refractivity contribution in [2.75, 3.05) is 19.6 Å². The van der Waals surface area contributed by atoms with Gasteiger partial charge in [0.25, 0.3) is 0 Å². The third-order valence-corrected chi connectivity index (χ3v) is 4.15. The summed E-state index contributed by atoms with van der Waals surface area (Å²) < 4.78 is 0. The van der Waals surface area contributed by atoms with Gasteiger partial charge in [0.05, 0.1) is 5.92 Å². The van der Waals surface area contributed by atoms with Crippen molar-refractivity contribution < 1.29 is 9.90 Å². The topological polar surface area (TPSA) is 40.5 Å². The van der Waals surface area contributed by atoms with E-state index in [-0.39, 0.29) is 5.92 Å². The van der Waals surface area contributed by atoms with E-state index in [1.54, 1.807) is 6.92 Å². The molecule has 0 spiro atoms. The van der Waals surface area contributed by atoms with Crippen LogP contribution in [0.3, 0.4) is 0 Å². The molecule has 1 aliphatic rings. The predicted molar refractivity (Wildman–Crippen MR) is 65.5 cm³/mol. The molecule has 1 rings (SSSR count). The third kappa shape index (κ3) is 3.21. The second-order valence-electron chi connectivity index (χ2n) is 5.30. The van der Waals surface area contributed by atoms with Gasteiger partial charge in [-0.1, -0.05) is 20.8 Å². The standard InChI is InChI=1S/C13H25NO2/c1-4-13(5-2)9-14(10-13)8-6-7-11(3)12(15)16/h11H,4-10H2,1-3H3,(H,15,16). The molecule has 0 aromatic rings. The van der Waals surface area contributed by atoms with Gasteiger partial charge in [-0.05, 0) is 37.6 Å². The Morgan fingerprint density at radius 2 is 1.94 bits per heavy atom. The molecule has 1 fully saturated rings. The van der Waals surface area contributed by atoms with Crippen molar-refractivity contribution in [3.63, 3.8) is 0 Å². The number of likely N-dealkylation sites (tertiary alicyclic amines) is 1. The monoisotopic (exact) mass is 227 g/mol. The fourth-order valence-electron chi connectivity index (χ4n) is 2.50. The lowest BCUT2D eigenvalue weighted by molar-refractivity contribution is -0.141. The van der Waals surface area contributed by atoms with E-state index in [0.29, 0.717) is 5.41 Å². The normalized spacial score (nSPS) is 21.4. The Hall–Kier alpha value is -0.570. The number of aliphatic carboxylic acids is 1. The molecular formula is C13H25NO2. The van der Waals surface area contributed by atoms with E-state index in [9.17, 15) is 4.79 Å². The molecule has 0 aromatic carbocycles. The Balaban J connectivity index is 2.12. The first-order valence-corrected chi connectivity index (χ1v) is 6.48. The second-order valence-corrected chi connectivity index (χ2v) is 5.30. The predicted octanol–water partition coefficient (Wildman–Crippen LogP) is 2.61. The van der Waals surface area contributed by atoms with Gasteiger partial charge in [-0.25, -0.2) is 0 Å². The summed E-state index contributed by atoms with van der Waals surface area (Å²) in [5, 5.41) is 8.76. The second kappa shape index (κ2) is 5.67. The quantitative estimate of drug-likeness (QED) is 0.727. The average Bonchev–Trinajstić information content (AvgIpc) is 2.21. The van der Waals surface area contributed by atoms with E-state index < -0.39 is 5.97 Å². The van der Waals surface area contributed by atoms with Crippen molar-refractivity contribution in [2.24, 2.45) is 11.3 Å². The van der Waals surface area contributed by atoms with Gasteiger partial charge in [0.1, 0.15) is 0 Å². The average molecular weight is 227 g/mol. The van der Waals surface area contributed by atoms with Gasteiger partial charge in [-0.3, -0.25) is 4.79 Å². The fourth-order valence-corrected chi connectivity index (χ4v) is 2.50.